The first-order valence-corrected chi connectivity index (χ1v) is 7.53. The summed E-state index contributed by atoms with van der Waals surface area (Å²) < 4.78 is 0. The SMILES string of the molecule is O=CN1CCN(C(=O)NC2(c3ccc(Cl)cc3)CC2)CC1. The third-order valence-corrected chi connectivity index (χ3v) is 4.50. The van der Waals surface area contributed by atoms with Crippen LogP contribution < -0.4 is 5.32 Å². The maximum atomic E-state index is 12.4. The van der Waals surface area contributed by atoms with Crippen LogP contribution in [-0.4, -0.2) is 48.4 Å². The minimum absolute atomic E-state index is 0.0481. The molecule has 3 amide bonds. The van der Waals surface area contributed by atoms with Gasteiger partial charge in [-0.15, -0.1) is 0 Å². The number of nitrogens with one attached hydrogen (secondary N) is 1. The molecule has 2 fully saturated rings. The first-order valence-electron chi connectivity index (χ1n) is 7.15. The Kier molecular flexibility index (Phi) is 3.76. The van der Waals surface area contributed by atoms with E-state index in [4.69, 9.17) is 11.6 Å². The molecule has 1 aliphatic heterocycles. The van der Waals surface area contributed by atoms with Gasteiger partial charge < -0.3 is 15.1 Å². The summed E-state index contributed by atoms with van der Waals surface area (Å²) in [6.45, 7) is 2.37. The predicted octanol–water partition coefficient (Wildman–Crippen LogP) is 1.81. The summed E-state index contributed by atoms with van der Waals surface area (Å²) in [5.41, 5.74) is 0.871. The van der Waals surface area contributed by atoms with E-state index < -0.39 is 0 Å². The highest BCUT2D eigenvalue weighted by Gasteiger charge is 2.46. The van der Waals surface area contributed by atoms with Crippen LogP contribution in [0.1, 0.15) is 18.4 Å². The lowest BCUT2D eigenvalue weighted by Crippen LogP contribution is -2.53. The molecule has 1 saturated carbocycles. The first kappa shape index (κ1) is 14.2. The van der Waals surface area contributed by atoms with Crippen molar-refractivity contribution in [3.8, 4) is 0 Å². The van der Waals surface area contributed by atoms with Crippen LogP contribution in [0.4, 0.5) is 4.79 Å². The van der Waals surface area contributed by atoms with E-state index in [0.29, 0.717) is 31.2 Å². The molecule has 1 saturated heterocycles. The third kappa shape index (κ3) is 2.97. The Hall–Kier alpha value is -1.75. The monoisotopic (exact) mass is 307 g/mol. The minimum atomic E-state index is -0.233. The zero-order valence-corrected chi connectivity index (χ0v) is 12.5. The van der Waals surface area contributed by atoms with Gasteiger partial charge in [-0.3, -0.25) is 4.79 Å². The number of rotatable bonds is 3. The van der Waals surface area contributed by atoms with Crippen molar-refractivity contribution in [3.05, 3.63) is 34.9 Å². The summed E-state index contributed by atoms with van der Waals surface area (Å²) in [6, 6.07) is 7.60. The molecule has 6 heteroatoms. The lowest BCUT2D eigenvalue weighted by atomic mass is 10.1. The van der Waals surface area contributed by atoms with E-state index in [0.717, 1.165) is 24.8 Å². The van der Waals surface area contributed by atoms with E-state index >= 15 is 0 Å². The topological polar surface area (TPSA) is 52.7 Å². The molecule has 1 N–H and O–H groups in total. The molecule has 1 aromatic rings. The van der Waals surface area contributed by atoms with Crippen molar-refractivity contribution in [1.82, 2.24) is 15.1 Å². The number of benzene rings is 1. The maximum Gasteiger partial charge on any atom is 0.318 e. The lowest BCUT2D eigenvalue weighted by Gasteiger charge is -2.33. The summed E-state index contributed by atoms with van der Waals surface area (Å²) in [5, 5.41) is 3.84. The molecule has 0 atom stereocenters. The van der Waals surface area contributed by atoms with Crippen LogP contribution in [0.25, 0.3) is 0 Å². The second-order valence-electron chi connectivity index (χ2n) is 5.65. The zero-order chi connectivity index (χ0) is 14.9. The molecular weight excluding hydrogens is 290 g/mol. The number of hydrogen-bond acceptors (Lipinski definition) is 2. The Labute approximate surface area is 128 Å². The minimum Gasteiger partial charge on any atom is -0.342 e. The number of urea groups is 1. The van der Waals surface area contributed by atoms with Gasteiger partial charge in [0.15, 0.2) is 0 Å². The van der Waals surface area contributed by atoms with Gasteiger partial charge >= 0.3 is 6.03 Å². The summed E-state index contributed by atoms with van der Waals surface area (Å²) in [4.78, 5) is 26.5. The first-order chi connectivity index (χ1) is 10.1. The van der Waals surface area contributed by atoms with Crippen LogP contribution in [0, 0.1) is 0 Å². The summed E-state index contributed by atoms with van der Waals surface area (Å²) in [6.07, 6.45) is 2.74. The van der Waals surface area contributed by atoms with Crippen LogP contribution in [0.2, 0.25) is 5.02 Å². The molecule has 1 aromatic carbocycles. The molecule has 0 aromatic heterocycles. The second kappa shape index (κ2) is 5.56. The number of nitrogens with zero attached hydrogens (tertiary/aromatic N) is 2. The number of hydrogen-bond donors (Lipinski definition) is 1. The largest absolute Gasteiger partial charge is 0.342 e. The molecule has 0 unspecified atom stereocenters. The molecular formula is C15H18ClN3O2. The van der Waals surface area contributed by atoms with Gasteiger partial charge in [0.05, 0.1) is 5.54 Å². The van der Waals surface area contributed by atoms with Crippen molar-refractivity contribution >= 4 is 24.0 Å². The van der Waals surface area contributed by atoms with Crippen molar-refractivity contribution in [2.24, 2.45) is 0 Å². The van der Waals surface area contributed by atoms with Gasteiger partial charge in [-0.25, -0.2) is 4.79 Å². The highest BCUT2D eigenvalue weighted by molar-refractivity contribution is 6.30. The van der Waals surface area contributed by atoms with Gasteiger partial charge in [-0.2, -0.15) is 0 Å². The summed E-state index contributed by atoms with van der Waals surface area (Å²) >= 11 is 5.91. The van der Waals surface area contributed by atoms with Gasteiger partial charge in [0, 0.05) is 31.2 Å². The molecule has 112 valence electrons. The average Bonchev–Trinajstić information content (AvgIpc) is 3.28. The molecule has 1 heterocycles. The third-order valence-electron chi connectivity index (χ3n) is 4.24. The Morgan fingerprint density at radius 3 is 2.29 bits per heavy atom. The quantitative estimate of drug-likeness (QED) is 0.866. The van der Waals surface area contributed by atoms with Crippen molar-refractivity contribution in [2.75, 3.05) is 26.2 Å². The van der Waals surface area contributed by atoms with Crippen molar-refractivity contribution < 1.29 is 9.59 Å². The van der Waals surface area contributed by atoms with Crippen molar-refractivity contribution in [1.29, 1.82) is 0 Å². The van der Waals surface area contributed by atoms with E-state index in [-0.39, 0.29) is 11.6 Å². The molecule has 3 rings (SSSR count). The van der Waals surface area contributed by atoms with Crippen LogP contribution in [-0.2, 0) is 10.3 Å². The van der Waals surface area contributed by atoms with Gasteiger partial charge in [-0.1, -0.05) is 23.7 Å². The van der Waals surface area contributed by atoms with Crippen LogP contribution >= 0.6 is 11.6 Å². The van der Waals surface area contributed by atoms with E-state index in [9.17, 15) is 9.59 Å². The molecule has 0 radical (unpaired) electrons. The number of halogens is 1. The maximum absolute atomic E-state index is 12.4. The van der Waals surface area contributed by atoms with E-state index in [1.54, 1.807) is 9.80 Å². The van der Waals surface area contributed by atoms with E-state index in [2.05, 4.69) is 5.32 Å². The smallest absolute Gasteiger partial charge is 0.318 e. The Balaban J connectivity index is 1.62. The zero-order valence-electron chi connectivity index (χ0n) is 11.7. The van der Waals surface area contributed by atoms with Gasteiger partial charge in [-0.05, 0) is 30.5 Å². The molecule has 0 spiro atoms. The van der Waals surface area contributed by atoms with E-state index in [1.807, 2.05) is 24.3 Å². The molecule has 2 aliphatic rings. The summed E-state index contributed by atoms with van der Waals surface area (Å²) in [7, 11) is 0. The molecule has 5 nitrogen and oxygen atoms in total. The highest BCUT2D eigenvalue weighted by atomic mass is 35.5. The Morgan fingerprint density at radius 2 is 1.76 bits per heavy atom. The predicted molar refractivity (Wildman–Crippen MR) is 80.1 cm³/mol. The van der Waals surface area contributed by atoms with Gasteiger partial charge in [0.1, 0.15) is 0 Å². The average molecular weight is 308 g/mol. The second-order valence-corrected chi connectivity index (χ2v) is 6.08. The molecule has 1 aliphatic carbocycles. The molecule has 21 heavy (non-hydrogen) atoms. The van der Waals surface area contributed by atoms with Gasteiger partial charge in [0.2, 0.25) is 6.41 Å². The highest BCUT2D eigenvalue weighted by Crippen LogP contribution is 2.45. The fourth-order valence-electron chi connectivity index (χ4n) is 2.69. The normalized spacial score (nSPS) is 20.0. The fourth-order valence-corrected chi connectivity index (χ4v) is 2.82. The number of amides is 3. The fraction of sp³-hybridized carbons (Fsp3) is 0.467. The Morgan fingerprint density at radius 1 is 1.14 bits per heavy atom. The summed E-state index contributed by atoms with van der Waals surface area (Å²) in [5.74, 6) is 0. The molecule has 0 bridgehead atoms. The van der Waals surface area contributed by atoms with E-state index in [1.165, 1.54) is 0 Å². The van der Waals surface area contributed by atoms with Crippen LogP contribution in [0.15, 0.2) is 24.3 Å². The number of carbonyl (C=O) groups is 2. The van der Waals surface area contributed by atoms with Crippen LogP contribution in [0.5, 0.6) is 0 Å². The number of carbonyl (C=O) groups excluding carboxylic acids is 2. The Bertz CT molecular complexity index is 534. The van der Waals surface area contributed by atoms with Gasteiger partial charge in [0.25, 0.3) is 0 Å². The lowest BCUT2D eigenvalue weighted by molar-refractivity contribution is -0.119. The standard InChI is InChI=1S/C15H18ClN3O2/c16-13-3-1-12(2-4-13)15(5-6-15)17-14(21)19-9-7-18(11-20)8-10-19/h1-4,11H,5-10H2,(H,17,21). The van der Waals surface area contributed by atoms with Crippen molar-refractivity contribution in [2.45, 2.75) is 18.4 Å². The number of piperazine rings is 1. The van der Waals surface area contributed by atoms with Crippen LogP contribution in [0.3, 0.4) is 0 Å². The van der Waals surface area contributed by atoms with Crippen molar-refractivity contribution in [3.63, 3.8) is 0 Å².